The largest absolute Gasteiger partial charge is 0.481 e. The molecule has 0 saturated heterocycles. The minimum atomic E-state index is -4.38. The average Bonchev–Trinajstić information content (AvgIpc) is 2.88. The Morgan fingerprint density at radius 1 is 1.29 bits per heavy atom. The summed E-state index contributed by atoms with van der Waals surface area (Å²) in [6.07, 6.45) is -0.603. The molecular weight excluding hydrogens is 327 g/mol. The number of aryl methyl sites for hydroxylation is 1. The number of rotatable bonds is 4. The molecule has 0 radical (unpaired) electrons. The molecule has 0 aliphatic heterocycles. The summed E-state index contributed by atoms with van der Waals surface area (Å²) in [4.78, 5) is 16.1. The first-order valence-electron chi connectivity index (χ1n) is 6.87. The highest BCUT2D eigenvalue weighted by molar-refractivity contribution is 6.00. The van der Waals surface area contributed by atoms with Crippen molar-refractivity contribution >= 4 is 17.4 Å². The van der Waals surface area contributed by atoms with Crippen molar-refractivity contribution in [2.75, 3.05) is 17.7 Å². The van der Waals surface area contributed by atoms with Crippen molar-refractivity contribution in [3.8, 4) is 5.88 Å². The van der Waals surface area contributed by atoms with E-state index in [1.54, 1.807) is 20.0 Å². The average molecular weight is 343 g/mol. The molecule has 0 aromatic carbocycles. The van der Waals surface area contributed by atoms with E-state index in [9.17, 15) is 18.0 Å². The number of alkyl halides is 3. The molecule has 24 heavy (non-hydrogen) atoms. The molecule has 2 amide bonds. The molecule has 2 aromatic heterocycles. The van der Waals surface area contributed by atoms with Gasteiger partial charge in [0, 0.05) is 18.0 Å². The Hall–Kier alpha value is -2.78. The zero-order valence-corrected chi connectivity index (χ0v) is 13.2. The Kier molecular flexibility index (Phi) is 4.96. The fourth-order valence-corrected chi connectivity index (χ4v) is 2.09. The second-order valence-corrected chi connectivity index (χ2v) is 5.07. The van der Waals surface area contributed by atoms with Crippen molar-refractivity contribution in [2.24, 2.45) is 0 Å². The number of amides is 2. The van der Waals surface area contributed by atoms with Crippen LogP contribution in [0.1, 0.15) is 11.1 Å². The van der Waals surface area contributed by atoms with Crippen molar-refractivity contribution < 1.29 is 22.7 Å². The zero-order valence-electron chi connectivity index (χ0n) is 13.2. The molecular formula is C14H16F3N5O2. The molecule has 0 atom stereocenters. The van der Waals surface area contributed by atoms with Gasteiger partial charge in [0.05, 0.1) is 24.7 Å². The molecule has 2 heterocycles. The van der Waals surface area contributed by atoms with Gasteiger partial charge < -0.3 is 15.4 Å². The normalized spacial score (nSPS) is 11.2. The summed E-state index contributed by atoms with van der Waals surface area (Å²) in [5, 5.41) is 8.60. The van der Waals surface area contributed by atoms with Crippen LogP contribution in [-0.2, 0) is 6.54 Å². The van der Waals surface area contributed by atoms with Crippen molar-refractivity contribution in [3.63, 3.8) is 0 Å². The molecule has 2 aromatic rings. The van der Waals surface area contributed by atoms with Crippen molar-refractivity contribution in [1.82, 2.24) is 14.8 Å². The van der Waals surface area contributed by atoms with Crippen LogP contribution in [0.3, 0.4) is 0 Å². The summed E-state index contributed by atoms with van der Waals surface area (Å²) >= 11 is 0. The number of halogens is 3. The highest BCUT2D eigenvalue weighted by atomic mass is 19.4. The number of carbonyl (C=O) groups excluding carboxylic acids is 1. The summed E-state index contributed by atoms with van der Waals surface area (Å²) in [5.74, 6) is 0.369. The highest BCUT2D eigenvalue weighted by Crippen LogP contribution is 2.26. The van der Waals surface area contributed by atoms with Gasteiger partial charge in [0.2, 0.25) is 5.88 Å². The lowest BCUT2D eigenvalue weighted by Crippen LogP contribution is -2.21. The first-order chi connectivity index (χ1) is 11.2. The van der Waals surface area contributed by atoms with Crippen LogP contribution < -0.4 is 15.4 Å². The van der Waals surface area contributed by atoms with Gasteiger partial charge in [0.15, 0.2) is 0 Å². The van der Waals surface area contributed by atoms with Gasteiger partial charge in [-0.25, -0.2) is 9.78 Å². The summed E-state index contributed by atoms with van der Waals surface area (Å²) in [6.45, 7) is 2.27. The fraction of sp³-hybridized carbons (Fsp3) is 0.357. The maximum atomic E-state index is 12.3. The Morgan fingerprint density at radius 3 is 2.62 bits per heavy atom. The second kappa shape index (κ2) is 6.77. The van der Waals surface area contributed by atoms with Gasteiger partial charge in [-0.1, -0.05) is 0 Å². The molecule has 0 unspecified atom stereocenters. The van der Waals surface area contributed by atoms with Crippen LogP contribution in [0, 0.1) is 13.8 Å². The minimum absolute atomic E-state index is 0.146. The van der Waals surface area contributed by atoms with Gasteiger partial charge >= 0.3 is 12.2 Å². The molecule has 7 nitrogen and oxygen atoms in total. The topological polar surface area (TPSA) is 81.1 Å². The summed E-state index contributed by atoms with van der Waals surface area (Å²) in [6, 6.07) is -0.610. The highest BCUT2D eigenvalue weighted by Gasteiger charge is 2.28. The maximum Gasteiger partial charge on any atom is 0.408 e. The van der Waals surface area contributed by atoms with Crippen LogP contribution in [0.5, 0.6) is 5.88 Å². The summed E-state index contributed by atoms with van der Waals surface area (Å²) in [7, 11) is 1.46. The van der Waals surface area contributed by atoms with E-state index in [2.05, 4.69) is 20.7 Å². The molecule has 0 saturated carbocycles. The van der Waals surface area contributed by atoms with Gasteiger partial charge in [-0.15, -0.1) is 0 Å². The number of ether oxygens (including phenoxy) is 1. The lowest BCUT2D eigenvalue weighted by molar-refractivity contribution is -0.142. The Morgan fingerprint density at radius 2 is 2.00 bits per heavy atom. The molecule has 0 spiro atoms. The molecule has 0 aliphatic rings. The third-order valence-electron chi connectivity index (χ3n) is 3.13. The molecule has 0 aliphatic carbocycles. The summed E-state index contributed by atoms with van der Waals surface area (Å²) < 4.78 is 42.6. The van der Waals surface area contributed by atoms with E-state index in [0.29, 0.717) is 21.8 Å². The molecule has 0 fully saturated rings. The Balaban J connectivity index is 2.07. The van der Waals surface area contributed by atoms with E-state index in [4.69, 9.17) is 4.74 Å². The minimum Gasteiger partial charge on any atom is -0.481 e. The third kappa shape index (κ3) is 4.37. The predicted octanol–water partition coefficient (Wildman–Crippen LogP) is 3.11. The van der Waals surface area contributed by atoms with Crippen LogP contribution in [0.2, 0.25) is 0 Å². The van der Waals surface area contributed by atoms with Gasteiger partial charge in [0.1, 0.15) is 6.54 Å². The van der Waals surface area contributed by atoms with Gasteiger partial charge in [-0.3, -0.25) is 4.68 Å². The number of hydrogen-bond donors (Lipinski definition) is 2. The smallest absolute Gasteiger partial charge is 0.408 e. The lowest BCUT2D eigenvalue weighted by Gasteiger charge is -2.13. The SMILES string of the molecule is COc1ncc(C)c(NC(=O)Nc2cnn(CC(F)(F)F)c2)c1C. The number of methoxy groups -OCH3 is 1. The number of hydrogen-bond acceptors (Lipinski definition) is 4. The standard InChI is InChI=1S/C14H16F3N5O2/c1-8-4-18-12(24-3)9(2)11(8)21-13(23)20-10-5-19-22(6-10)7-14(15,16)17/h4-6H,7H2,1-3H3,(H2,18,20,21,23). The Bertz CT molecular complexity index is 742. The van der Waals surface area contributed by atoms with E-state index >= 15 is 0 Å². The van der Waals surface area contributed by atoms with Crippen LogP contribution in [0.25, 0.3) is 0 Å². The van der Waals surface area contributed by atoms with E-state index in [-0.39, 0.29) is 5.69 Å². The van der Waals surface area contributed by atoms with E-state index < -0.39 is 18.8 Å². The number of nitrogens with one attached hydrogen (secondary N) is 2. The number of carbonyl (C=O) groups is 1. The number of anilines is 2. The number of aromatic nitrogens is 3. The van der Waals surface area contributed by atoms with Crippen molar-refractivity contribution in [2.45, 2.75) is 26.6 Å². The second-order valence-electron chi connectivity index (χ2n) is 5.07. The van der Waals surface area contributed by atoms with Gasteiger partial charge in [-0.05, 0) is 19.4 Å². The van der Waals surface area contributed by atoms with Gasteiger partial charge in [0.25, 0.3) is 0 Å². The molecule has 10 heteroatoms. The molecule has 2 N–H and O–H groups in total. The van der Waals surface area contributed by atoms with Crippen LogP contribution in [0.4, 0.5) is 29.3 Å². The lowest BCUT2D eigenvalue weighted by atomic mass is 10.1. The number of urea groups is 1. The monoisotopic (exact) mass is 343 g/mol. The van der Waals surface area contributed by atoms with Crippen molar-refractivity contribution in [3.05, 3.63) is 29.7 Å². The van der Waals surface area contributed by atoms with Crippen LogP contribution >= 0.6 is 0 Å². The quantitative estimate of drug-likeness (QED) is 0.894. The van der Waals surface area contributed by atoms with E-state index in [1.165, 1.54) is 7.11 Å². The fourth-order valence-electron chi connectivity index (χ4n) is 2.09. The van der Waals surface area contributed by atoms with E-state index in [0.717, 1.165) is 18.0 Å². The number of pyridine rings is 1. The molecule has 0 bridgehead atoms. The third-order valence-corrected chi connectivity index (χ3v) is 3.13. The molecule has 130 valence electrons. The number of nitrogens with zero attached hydrogens (tertiary/aromatic N) is 3. The maximum absolute atomic E-state index is 12.3. The van der Waals surface area contributed by atoms with Crippen LogP contribution in [-0.4, -0.2) is 34.1 Å². The zero-order chi connectivity index (χ0) is 17.9. The first-order valence-corrected chi connectivity index (χ1v) is 6.87. The van der Waals surface area contributed by atoms with Crippen LogP contribution in [0.15, 0.2) is 18.6 Å². The van der Waals surface area contributed by atoms with Crippen molar-refractivity contribution in [1.29, 1.82) is 0 Å². The van der Waals surface area contributed by atoms with Gasteiger partial charge in [-0.2, -0.15) is 18.3 Å². The molecule has 2 rings (SSSR count). The first kappa shape index (κ1) is 17.6. The summed E-state index contributed by atoms with van der Waals surface area (Å²) in [5.41, 5.74) is 2.02. The Labute approximate surface area is 135 Å². The van der Waals surface area contributed by atoms with E-state index in [1.807, 2.05) is 0 Å². The predicted molar refractivity (Wildman–Crippen MR) is 81.2 cm³/mol.